The molecule has 1 fully saturated rings. The molecule has 0 aromatic heterocycles. The Morgan fingerprint density at radius 2 is 1.78 bits per heavy atom. The molecule has 0 unspecified atom stereocenters. The van der Waals surface area contributed by atoms with Gasteiger partial charge in [0.05, 0.1) is 18.8 Å². The monoisotopic (exact) mass is 372 g/mol. The van der Waals surface area contributed by atoms with Crippen molar-refractivity contribution in [2.45, 2.75) is 41.7 Å². The van der Waals surface area contributed by atoms with Crippen LogP contribution in [0.4, 0.5) is 0 Å². The van der Waals surface area contributed by atoms with E-state index in [1.54, 1.807) is 35.3 Å². The number of carbonyl (C=O) groups is 1. The van der Waals surface area contributed by atoms with E-state index >= 15 is 0 Å². The smallest absolute Gasteiger partial charge is 0.166 e. The maximum Gasteiger partial charge on any atom is 0.166 e. The molecule has 1 aromatic carbocycles. The number of rotatable bonds is 7. The second kappa shape index (κ2) is 8.81. The molecule has 3 atom stereocenters. The maximum atomic E-state index is 12.6. The highest BCUT2D eigenvalue weighted by atomic mass is 32.3. The quantitative estimate of drug-likeness (QED) is 0.672. The van der Waals surface area contributed by atoms with Crippen molar-refractivity contribution in [3.05, 3.63) is 35.9 Å². The summed E-state index contributed by atoms with van der Waals surface area (Å²) in [5.74, 6) is 0.145. The third kappa shape index (κ3) is 4.48. The normalized spacial score (nSPS) is 25.6. The highest BCUT2D eigenvalue weighted by Crippen LogP contribution is 2.49. The second-order valence-electron chi connectivity index (χ2n) is 5.43. The van der Waals surface area contributed by atoms with Crippen molar-refractivity contribution in [3.8, 4) is 0 Å². The number of ketones is 1. The third-order valence-corrected chi connectivity index (χ3v) is 9.53. The minimum absolute atomic E-state index is 0.0958. The lowest BCUT2D eigenvalue weighted by molar-refractivity contribution is -0.164. The highest BCUT2D eigenvalue weighted by Gasteiger charge is 2.46. The second-order valence-corrected chi connectivity index (χ2v) is 9.37. The van der Waals surface area contributed by atoms with Crippen LogP contribution in [0.3, 0.4) is 0 Å². The van der Waals surface area contributed by atoms with E-state index in [0.717, 1.165) is 5.56 Å². The zero-order valence-electron chi connectivity index (χ0n) is 14.0. The van der Waals surface area contributed by atoms with Crippen molar-refractivity contribution in [3.63, 3.8) is 0 Å². The van der Waals surface area contributed by atoms with Gasteiger partial charge < -0.3 is 9.47 Å². The third-order valence-electron chi connectivity index (χ3n) is 4.03. The van der Waals surface area contributed by atoms with Crippen LogP contribution in [0.5, 0.6) is 0 Å². The number of hydrogen-bond donors (Lipinski definition) is 0. The van der Waals surface area contributed by atoms with Crippen molar-refractivity contribution >= 4 is 41.1 Å². The van der Waals surface area contributed by atoms with Crippen LogP contribution in [0.15, 0.2) is 30.3 Å². The Kier molecular flexibility index (Phi) is 7.35. The first-order valence-corrected chi connectivity index (χ1v) is 11.2. The van der Waals surface area contributed by atoms with Crippen molar-refractivity contribution in [2.24, 2.45) is 0 Å². The molecule has 0 bridgehead atoms. The van der Waals surface area contributed by atoms with Crippen LogP contribution in [0, 0.1) is 0 Å². The van der Waals surface area contributed by atoms with Gasteiger partial charge in [-0.1, -0.05) is 30.3 Å². The summed E-state index contributed by atoms with van der Waals surface area (Å²) in [6.45, 7) is 2.37. The number of Topliss-reactive ketones (excluding diaryl/α,β-unsaturated/α-hetero) is 1. The lowest BCUT2D eigenvalue weighted by Gasteiger charge is -2.42. The molecular formula is C17H24O3S3. The summed E-state index contributed by atoms with van der Waals surface area (Å²) in [7, 11) is 0. The Morgan fingerprint density at radius 3 is 2.30 bits per heavy atom. The van der Waals surface area contributed by atoms with Gasteiger partial charge in [0.25, 0.3) is 0 Å². The molecule has 1 aliphatic heterocycles. The predicted octanol–water partition coefficient (Wildman–Crippen LogP) is 4.06. The van der Waals surface area contributed by atoms with E-state index in [9.17, 15) is 4.79 Å². The van der Waals surface area contributed by atoms with Gasteiger partial charge in [-0.05, 0) is 31.3 Å². The lowest BCUT2D eigenvalue weighted by Crippen LogP contribution is -2.51. The van der Waals surface area contributed by atoms with Gasteiger partial charge in [0.2, 0.25) is 0 Å². The molecule has 2 rings (SSSR count). The van der Waals surface area contributed by atoms with Gasteiger partial charge in [-0.3, -0.25) is 4.79 Å². The molecular weight excluding hydrogens is 348 g/mol. The van der Waals surface area contributed by atoms with Crippen LogP contribution in [0.1, 0.15) is 18.9 Å². The number of hydrogen-bond acceptors (Lipinski definition) is 6. The fourth-order valence-corrected chi connectivity index (χ4v) is 5.99. The molecule has 3 nitrogen and oxygen atoms in total. The van der Waals surface area contributed by atoms with Crippen LogP contribution in [-0.2, 0) is 20.9 Å². The van der Waals surface area contributed by atoms with Crippen molar-refractivity contribution in [1.29, 1.82) is 0 Å². The zero-order chi connectivity index (χ0) is 16.9. The lowest BCUT2D eigenvalue weighted by atomic mass is 10.0. The molecule has 128 valence electrons. The first-order chi connectivity index (χ1) is 11.1. The van der Waals surface area contributed by atoms with Gasteiger partial charge in [-0.15, -0.1) is 35.3 Å². The Hall–Kier alpha value is -0.140. The fraction of sp³-hybridized carbons (Fsp3) is 0.588. The van der Waals surface area contributed by atoms with E-state index in [1.165, 1.54) is 0 Å². The Morgan fingerprint density at radius 1 is 1.17 bits per heavy atom. The first kappa shape index (κ1) is 19.2. The van der Waals surface area contributed by atoms with Gasteiger partial charge >= 0.3 is 0 Å². The van der Waals surface area contributed by atoms with Gasteiger partial charge in [0.15, 0.2) is 5.78 Å². The number of carbonyl (C=O) groups excluding carboxylic acids is 1. The van der Waals surface area contributed by atoms with Crippen molar-refractivity contribution in [1.82, 2.24) is 0 Å². The number of benzene rings is 1. The molecule has 1 aromatic rings. The number of thioether (sulfide) groups is 3. The largest absolute Gasteiger partial charge is 0.368 e. The minimum atomic E-state index is -0.477. The molecule has 0 aliphatic carbocycles. The van der Waals surface area contributed by atoms with E-state index in [4.69, 9.17) is 9.47 Å². The van der Waals surface area contributed by atoms with E-state index in [0.29, 0.717) is 13.0 Å². The molecule has 0 spiro atoms. The van der Waals surface area contributed by atoms with Gasteiger partial charge in [0.1, 0.15) is 9.52 Å². The Balaban J connectivity index is 2.01. The van der Waals surface area contributed by atoms with Crippen LogP contribution >= 0.6 is 35.3 Å². The molecule has 0 saturated carbocycles. The molecule has 1 aliphatic rings. The maximum absolute atomic E-state index is 12.6. The molecule has 0 radical (unpaired) electrons. The molecule has 0 amide bonds. The van der Waals surface area contributed by atoms with Gasteiger partial charge in [0, 0.05) is 6.42 Å². The van der Waals surface area contributed by atoms with E-state index in [2.05, 4.69) is 18.8 Å². The van der Waals surface area contributed by atoms with Crippen LogP contribution in [0.2, 0.25) is 0 Å². The van der Waals surface area contributed by atoms with Crippen molar-refractivity contribution < 1.29 is 14.3 Å². The molecule has 23 heavy (non-hydrogen) atoms. The summed E-state index contributed by atoms with van der Waals surface area (Å²) in [5.41, 5.74) is 1.07. The SMILES string of the molecule is CSC(SC)(SC)[C@H]1CC(=O)[C@@H](OCc2ccccc2)[C@H](C)O1. The predicted molar refractivity (Wildman–Crippen MR) is 102 cm³/mol. The Bertz CT molecular complexity index is 497. The topological polar surface area (TPSA) is 35.5 Å². The molecule has 6 heteroatoms. The van der Waals surface area contributed by atoms with Crippen molar-refractivity contribution in [2.75, 3.05) is 18.8 Å². The first-order valence-electron chi connectivity index (χ1n) is 7.55. The van der Waals surface area contributed by atoms with E-state index in [-0.39, 0.29) is 21.4 Å². The fourth-order valence-electron chi connectivity index (χ4n) is 2.78. The summed E-state index contributed by atoms with van der Waals surface area (Å²) in [4.78, 5) is 12.6. The van der Waals surface area contributed by atoms with Crippen LogP contribution in [0.25, 0.3) is 0 Å². The van der Waals surface area contributed by atoms with Crippen LogP contribution < -0.4 is 0 Å². The summed E-state index contributed by atoms with van der Waals surface area (Å²) >= 11 is 5.24. The average Bonchev–Trinajstić information content (AvgIpc) is 2.57. The summed E-state index contributed by atoms with van der Waals surface area (Å²) in [5, 5.41) is 0. The number of ether oxygens (including phenoxy) is 2. The molecule has 1 saturated heterocycles. The van der Waals surface area contributed by atoms with Crippen LogP contribution in [-0.4, -0.2) is 46.3 Å². The molecule has 0 N–H and O–H groups in total. The Labute approximate surface area is 151 Å². The standard InChI is InChI=1S/C17H24O3S3/c1-12-16(19-11-13-8-6-5-7-9-13)14(18)10-15(20-12)17(21-2,22-3)23-4/h5-9,12,15-16H,10-11H2,1-4H3/t12-,15+,16-/m0/s1. The van der Waals surface area contributed by atoms with Gasteiger partial charge in [-0.2, -0.15) is 0 Å². The van der Waals surface area contributed by atoms with E-state index in [1.807, 2.05) is 37.3 Å². The minimum Gasteiger partial charge on any atom is -0.368 e. The highest BCUT2D eigenvalue weighted by molar-refractivity contribution is 8.33. The summed E-state index contributed by atoms with van der Waals surface area (Å²) < 4.78 is 11.9. The zero-order valence-corrected chi connectivity index (χ0v) is 16.4. The summed E-state index contributed by atoms with van der Waals surface area (Å²) in [6.07, 6.45) is 5.83. The average molecular weight is 373 g/mol. The van der Waals surface area contributed by atoms with E-state index < -0.39 is 6.10 Å². The van der Waals surface area contributed by atoms with Gasteiger partial charge in [-0.25, -0.2) is 0 Å². The molecule has 1 heterocycles. The summed E-state index contributed by atoms with van der Waals surface area (Å²) in [6, 6.07) is 9.92.